The van der Waals surface area contributed by atoms with Crippen molar-refractivity contribution in [1.29, 1.82) is 0 Å². The Labute approximate surface area is 172 Å². The molecule has 2 aromatic rings. The zero-order valence-electron chi connectivity index (χ0n) is 15.9. The van der Waals surface area contributed by atoms with Crippen LogP contribution in [0.1, 0.15) is 6.42 Å². The van der Waals surface area contributed by atoms with E-state index in [1.54, 1.807) is 21.6 Å². The molecular formula is C18H23N3O6S2. The quantitative estimate of drug-likeness (QED) is 0.663. The van der Waals surface area contributed by atoms with Gasteiger partial charge in [-0.3, -0.25) is 14.2 Å². The van der Waals surface area contributed by atoms with Crippen molar-refractivity contribution in [2.45, 2.75) is 17.9 Å². The maximum absolute atomic E-state index is 12.8. The van der Waals surface area contributed by atoms with Crippen LogP contribution in [0.4, 0.5) is 0 Å². The molecule has 1 aromatic carbocycles. The van der Waals surface area contributed by atoms with Crippen molar-refractivity contribution in [3.63, 3.8) is 0 Å². The number of carbonyl (C=O) groups is 1. The number of hydrogen-bond acceptors (Lipinski definition) is 7. The third-order valence-electron chi connectivity index (χ3n) is 5.16. The summed E-state index contributed by atoms with van der Waals surface area (Å²) in [6.45, 7) is 3.88. The molecule has 2 aliphatic heterocycles. The summed E-state index contributed by atoms with van der Waals surface area (Å²) in [7, 11) is -3.62. The first-order valence-corrected chi connectivity index (χ1v) is 11.8. The molecule has 0 N–H and O–H groups in total. The lowest BCUT2D eigenvalue weighted by Gasteiger charge is -2.26. The van der Waals surface area contributed by atoms with Crippen molar-refractivity contribution in [2.24, 2.45) is 0 Å². The van der Waals surface area contributed by atoms with Crippen LogP contribution in [0.15, 0.2) is 27.9 Å². The summed E-state index contributed by atoms with van der Waals surface area (Å²) in [5.41, 5.74) is 0.649. The van der Waals surface area contributed by atoms with Gasteiger partial charge in [-0.25, -0.2) is 8.42 Å². The Balaban J connectivity index is 1.53. The number of aryl methyl sites for hydroxylation is 1. The lowest BCUT2D eigenvalue weighted by atomic mass is 10.3. The predicted molar refractivity (Wildman–Crippen MR) is 108 cm³/mol. The first-order valence-electron chi connectivity index (χ1n) is 9.53. The summed E-state index contributed by atoms with van der Waals surface area (Å²) >= 11 is 0.998. The average molecular weight is 442 g/mol. The second kappa shape index (κ2) is 8.52. The van der Waals surface area contributed by atoms with E-state index in [4.69, 9.17) is 9.47 Å². The number of thiazole rings is 1. The van der Waals surface area contributed by atoms with E-state index in [-0.39, 0.29) is 28.6 Å². The molecule has 0 saturated carbocycles. The van der Waals surface area contributed by atoms with Crippen LogP contribution in [-0.4, -0.2) is 80.7 Å². The molecule has 0 radical (unpaired) electrons. The van der Waals surface area contributed by atoms with E-state index in [9.17, 15) is 18.0 Å². The summed E-state index contributed by atoms with van der Waals surface area (Å²) in [4.78, 5) is 26.5. The highest BCUT2D eigenvalue weighted by Crippen LogP contribution is 2.24. The molecule has 0 aliphatic carbocycles. The third-order valence-corrected chi connectivity index (χ3v) is 8.00. The van der Waals surface area contributed by atoms with E-state index in [2.05, 4.69) is 0 Å². The fraction of sp³-hybridized carbons (Fsp3) is 0.556. The second-order valence-electron chi connectivity index (χ2n) is 6.91. The van der Waals surface area contributed by atoms with Crippen molar-refractivity contribution in [3.8, 4) is 0 Å². The number of morpholine rings is 2. The number of benzene rings is 1. The fourth-order valence-corrected chi connectivity index (χ4v) is 6.00. The minimum Gasteiger partial charge on any atom is -0.379 e. The van der Waals surface area contributed by atoms with Crippen LogP contribution in [-0.2, 0) is 30.8 Å². The van der Waals surface area contributed by atoms with Gasteiger partial charge in [0.05, 0.1) is 41.5 Å². The van der Waals surface area contributed by atoms with Gasteiger partial charge in [0.2, 0.25) is 15.9 Å². The topological polar surface area (TPSA) is 98.2 Å². The first-order chi connectivity index (χ1) is 14.0. The molecule has 11 heteroatoms. The van der Waals surface area contributed by atoms with Crippen LogP contribution in [0.5, 0.6) is 0 Å². The number of sulfonamides is 1. The van der Waals surface area contributed by atoms with Crippen LogP contribution in [0.25, 0.3) is 10.2 Å². The van der Waals surface area contributed by atoms with Crippen LogP contribution in [0, 0.1) is 0 Å². The smallest absolute Gasteiger partial charge is 0.308 e. The summed E-state index contributed by atoms with van der Waals surface area (Å²) in [5, 5.41) is 0. The highest BCUT2D eigenvalue weighted by molar-refractivity contribution is 7.89. The van der Waals surface area contributed by atoms with Gasteiger partial charge < -0.3 is 14.4 Å². The van der Waals surface area contributed by atoms with E-state index in [1.165, 1.54) is 10.4 Å². The number of nitrogens with zero attached hydrogens (tertiary/aromatic N) is 3. The van der Waals surface area contributed by atoms with Gasteiger partial charge in [-0.2, -0.15) is 4.31 Å². The highest BCUT2D eigenvalue weighted by Gasteiger charge is 2.27. The van der Waals surface area contributed by atoms with Gasteiger partial charge >= 0.3 is 4.87 Å². The first kappa shape index (κ1) is 20.5. The van der Waals surface area contributed by atoms with Gasteiger partial charge in [0.1, 0.15) is 0 Å². The van der Waals surface area contributed by atoms with Crippen LogP contribution in [0.2, 0.25) is 0 Å². The minimum absolute atomic E-state index is 0.00827. The van der Waals surface area contributed by atoms with E-state index in [1.807, 2.05) is 0 Å². The van der Waals surface area contributed by atoms with E-state index in [0.29, 0.717) is 62.8 Å². The Morgan fingerprint density at radius 1 is 1.03 bits per heavy atom. The zero-order chi connectivity index (χ0) is 20.4. The Morgan fingerprint density at radius 3 is 2.38 bits per heavy atom. The van der Waals surface area contributed by atoms with E-state index in [0.717, 1.165) is 11.3 Å². The Kier molecular flexibility index (Phi) is 6.02. The Hall–Kier alpha value is -1.79. The maximum atomic E-state index is 12.8. The zero-order valence-corrected chi connectivity index (χ0v) is 17.5. The van der Waals surface area contributed by atoms with Gasteiger partial charge in [-0.05, 0) is 18.2 Å². The number of fused-ring (bicyclic) bond motifs is 1. The van der Waals surface area contributed by atoms with Crippen LogP contribution < -0.4 is 4.87 Å². The van der Waals surface area contributed by atoms with E-state index >= 15 is 0 Å². The molecule has 4 rings (SSSR count). The summed E-state index contributed by atoms with van der Waals surface area (Å²) in [6.07, 6.45) is 0.222. The predicted octanol–water partition coefficient (Wildman–Crippen LogP) is 0.333. The monoisotopic (exact) mass is 441 g/mol. The molecule has 3 heterocycles. The molecule has 0 unspecified atom stereocenters. The minimum atomic E-state index is -3.62. The Bertz CT molecular complexity index is 1050. The number of amides is 1. The molecule has 29 heavy (non-hydrogen) atoms. The molecule has 2 saturated heterocycles. The van der Waals surface area contributed by atoms with Crippen molar-refractivity contribution >= 4 is 37.5 Å². The molecule has 0 bridgehead atoms. The molecule has 158 valence electrons. The maximum Gasteiger partial charge on any atom is 0.308 e. The van der Waals surface area contributed by atoms with Gasteiger partial charge in [-0.15, -0.1) is 0 Å². The Morgan fingerprint density at radius 2 is 1.69 bits per heavy atom. The fourth-order valence-electron chi connectivity index (χ4n) is 3.53. The molecule has 1 aromatic heterocycles. The average Bonchev–Trinajstić information content (AvgIpc) is 3.07. The number of rotatable bonds is 5. The third kappa shape index (κ3) is 4.24. The van der Waals surface area contributed by atoms with Crippen LogP contribution in [0.3, 0.4) is 0 Å². The lowest BCUT2D eigenvalue weighted by Crippen LogP contribution is -2.41. The lowest BCUT2D eigenvalue weighted by molar-refractivity contribution is -0.135. The summed E-state index contributed by atoms with van der Waals surface area (Å²) < 4.78 is 39.7. The molecule has 2 fully saturated rings. The standard InChI is InChI=1S/C18H23N3O6S2/c22-17(19-5-9-26-10-6-19)3-4-21-15-2-1-14(13-16(15)28-18(21)23)29(24,25)20-7-11-27-12-8-20/h1-2,13H,3-12H2. The summed E-state index contributed by atoms with van der Waals surface area (Å²) in [6, 6.07) is 4.73. The van der Waals surface area contributed by atoms with Gasteiger partial charge in [0.25, 0.3) is 0 Å². The molecule has 1 amide bonds. The molecular weight excluding hydrogens is 418 g/mol. The van der Waals surface area contributed by atoms with Gasteiger partial charge in [-0.1, -0.05) is 11.3 Å². The number of hydrogen-bond donors (Lipinski definition) is 0. The largest absolute Gasteiger partial charge is 0.379 e. The van der Waals surface area contributed by atoms with Crippen LogP contribution >= 0.6 is 11.3 Å². The van der Waals surface area contributed by atoms with Crippen molar-refractivity contribution < 1.29 is 22.7 Å². The van der Waals surface area contributed by atoms with Crippen molar-refractivity contribution in [2.75, 3.05) is 52.6 Å². The molecule has 0 atom stereocenters. The van der Waals surface area contributed by atoms with Gasteiger partial charge in [0.15, 0.2) is 0 Å². The molecule has 0 spiro atoms. The summed E-state index contributed by atoms with van der Waals surface area (Å²) in [5.74, 6) is -0.00827. The number of aromatic nitrogens is 1. The van der Waals surface area contributed by atoms with Crippen molar-refractivity contribution in [3.05, 3.63) is 27.9 Å². The number of carbonyl (C=O) groups excluding carboxylic acids is 1. The highest BCUT2D eigenvalue weighted by atomic mass is 32.2. The van der Waals surface area contributed by atoms with E-state index < -0.39 is 10.0 Å². The normalized spacial score (nSPS) is 19.0. The van der Waals surface area contributed by atoms with Crippen molar-refractivity contribution in [1.82, 2.24) is 13.8 Å². The second-order valence-corrected chi connectivity index (χ2v) is 9.84. The molecule has 2 aliphatic rings. The molecule has 9 nitrogen and oxygen atoms in total. The number of ether oxygens (including phenoxy) is 2. The SMILES string of the molecule is O=C(CCn1c(=O)sc2cc(S(=O)(=O)N3CCOCC3)ccc21)N1CCOCC1. The van der Waals surface area contributed by atoms with Gasteiger partial charge in [0, 0.05) is 39.1 Å².